The van der Waals surface area contributed by atoms with Gasteiger partial charge in [-0.3, -0.25) is 0 Å². The molecule has 1 rings (SSSR count). The molecule has 0 aromatic heterocycles. The molecule has 0 unspecified atom stereocenters. The standard InChI is InChI=1S/C21H32O6S/c1-2-3-4-5-6-7-8-9-10-11-15-27-21(24)18-13-12-14-19(16-18)28(25,26)17-20(22)23/h12-14,16H,2-11,15,17H2,1H3,(H,22,23)/p-1. The van der Waals surface area contributed by atoms with Crippen LogP contribution in [0, 0.1) is 0 Å². The number of carbonyl (C=O) groups excluding carboxylic acids is 2. The molecule has 28 heavy (non-hydrogen) atoms. The maximum Gasteiger partial charge on any atom is 0.338 e. The molecular weight excluding hydrogens is 380 g/mol. The van der Waals surface area contributed by atoms with E-state index in [0.29, 0.717) is 0 Å². The van der Waals surface area contributed by atoms with Gasteiger partial charge < -0.3 is 14.6 Å². The van der Waals surface area contributed by atoms with Crippen LogP contribution in [-0.2, 0) is 19.4 Å². The second-order valence-electron chi connectivity index (χ2n) is 6.98. The zero-order valence-electron chi connectivity index (χ0n) is 16.7. The normalized spacial score (nSPS) is 11.3. The van der Waals surface area contributed by atoms with Gasteiger partial charge in [-0.15, -0.1) is 0 Å². The van der Waals surface area contributed by atoms with E-state index in [1.807, 2.05) is 0 Å². The predicted octanol–water partition coefficient (Wildman–Crippen LogP) is 3.29. The van der Waals surface area contributed by atoms with E-state index in [4.69, 9.17) is 4.74 Å². The number of sulfone groups is 1. The molecule has 0 aliphatic heterocycles. The molecule has 7 heteroatoms. The van der Waals surface area contributed by atoms with Crippen molar-refractivity contribution < 1.29 is 27.9 Å². The molecule has 0 amide bonds. The number of carbonyl (C=O) groups is 2. The van der Waals surface area contributed by atoms with Gasteiger partial charge in [0, 0.05) is 0 Å². The molecule has 6 nitrogen and oxygen atoms in total. The van der Waals surface area contributed by atoms with Crippen molar-refractivity contribution in [1.82, 2.24) is 0 Å². The van der Waals surface area contributed by atoms with Crippen LogP contribution >= 0.6 is 0 Å². The Morgan fingerprint density at radius 1 is 0.929 bits per heavy atom. The van der Waals surface area contributed by atoms with E-state index in [0.717, 1.165) is 25.3 Å². The number of ether oxygens (including phenoxy) is 1. The van der Waals surface area contributed by atoms with Gasteiger partial charge in [-0.05, 0) is 24.6 Å². The van der Waals surface area contributed by atoms with Crippen LogP contribution in [0.3, 0.4) is 0 Å². The number of rotatable bonds is 15. The van der Waals surface area contributed by atoms with Gasteiger partial charge in [0.2, 0.25) is 0 Å². The maximum atomic E-state index is 12.1. The van der Waals surface area contributed by atoms with Crippen molar-refractivity contribution in [3.8, 4) is 0 Å². The summed E-state index contributed by atoms with van der Waals surface area (Å²) < 4.78 is 29.0. The third-order valence-corrected chi connectivity index (χ3v) is 6.06. The monoisotopic (exact) mass is 411 g/mol. The predicted molar refractivity (Wildman–Crippen MR) is 106 cm³/mol. The van der Waals surface area contributed by atoms with E-state index in [-0.39, 0.29) is 17.1 Å². The largest absolute Gasteiger partial charge is 0.549 e. The fourth-order valence-corrected chi connectivity index (χ4v) is 3.96. The number of esters is 1. The van der Waals surface area contributed by atoms with E-state index >= 15 is 0 Å². The molecule has 1 aromatic carbocycles. The summed E-state index contributed by atoms with van der Waals surface area (Å²) in [5.74, 6) is -3.42. The number of benzene rings is 1. The average Bonchev–Trinajstić information content (AvgIpc) is 2.65. The summed E-state index contributed by atoms with van der Waals surface area (Å²) in [5.41, 5.74) is 0.0894. The first-order valence-electron chi connectivity index (χ1n) is 10.1. The molecule has 0 N–H and O–H groups in total. The van der Waals surface area contributed by atoms with Crippen LogP contribution in [0.15, 0.2) is 29.2 Å². The Balaban J connectivity index is 2.27. The molecule has 0 fully saturated rings. The van der Waals surface area contributed by atoms with Crippen molar-refractivity contribution in [1.29, 1.82) is 0 Å². The summed E-state index contributed by atoms with van der Waals surface area (Å²) >= 11 is 0. The van der Waals surface area contributed by atoms with Gasteiger partial charge in [0.15, 0.2) is 9.84 Å². The summed E-state index contributed by atoms with van der Waals surface area (Å²) in [4.78, 5) is 22.4. The zero-order chi connectivity index (χ0) is 20.8. The second kappa shape index (κ2) is 13.3. The van der Waals surface area contributed by atoms with Gasteiger partial charge in [0.05, 0.1) is 28.8 Å². The van der Waals surface area contributed by atoms with E-state index in [9.17, 15) is 23.1 Å². The van der Waals surface area contributed by atoms with Gasteiger partial charge in [-0.2, -0.15) is 0 Å². The molecule has 158 valence electrons. The van der Waals surface area contributed by atoms with E-state index in [2.05, 4.69) is 6.92 Å². The first-order chi connectivity index (χ1) is 13.4. The maximum absolute atomic E-state index is 12.1. The molecule has 0 atom stereocenters. The number of carboxylic acid groups (broad SMARTS) is 1. The number of aliphatic carboxylic acids is 1. The molecule has 0 radical (unpaired) electrons. The Morgan fingerprint density at radius 3 is 2.07 bits per heavy atom. The molecule has 0 spiro atoms. The van der Waals surface area contributed by atoms with Gasteiger partial charge in [0.25, 0.3) is 0 Å². The molecule has 0 saturated carbocycles. The Labute approximate surface area is 168 Å². The lowest BCUT2D eigenvalue weighted by Gasteiger charge is -2.08. The van der Waals surface area contributed by atoms with Crippen LogP contribution in [0.1, 0.15) is 81.5 Å². The van der Waals surface area contributed by atoms with Crippen molar-refractivity contribution in [2.45, 2.75) is 76.0 Å². The number of hydrogen-bond donors (Lipinski definition) is 0. The van der Waals surface area contributed by atoms with Gasteiger partial charge in [0.1, 0.15) is 0 Å². The highest BCUT2D eigenvalue weighted by molar-refractivity contribution is 7.92. The van der Waals surface area contributed by atoms with Crippen molar-refractivity contribution in [3.63, 3.8) is 0 Å². The van der Waals surface area contributed by atoms with E-state index in [1.165, 1.54) is 63.1 Å². The van der Waals surface area contributed by atoms with Gasteiger partial charge in [-0.1, -0.05) is 70.8 Å². The molecule has 1 aromatic rings. The number of carboxylic acids is 1. The van der Waals surface area contributed by atoms with Crippen molar-refractivity contribution in [2.75, 3.05) is 12.4 Å². The minimum absolute atomic E-state index is 0.0894. The third kappa shape index (κ3) is 9.88. The molecule has 0 heterocycles. The summed E-state index contributed by atoms with van der Waals surface area (Å²) in [6, 6.07) is 5.22. The lowest BCUT2D eigenvalue weighted by molar-refractivity contribution is -0.301. The summed E-state index contributed by atoms with van der Waals surface area (Å²) in [7, 11) is -4.03. The lowest BCUT2D eigenvalue weighted by Crippen LogP contribution is -2.30. The van der Waals surface area contributed by atoms with Crippen LogP contribution in [0.5, 0.6) is 0 Å². The van der Waals surface area contributed by atoms with Gasteiger partial charge >= 0.3 is 5.97 Å². The minimum Gasteiger partial charge on any atom is -0.549 e. The fraction of sp³-hybridized carbons (Fsp3) is 0.619. The topological polar surface area (TPSA) is 101 Å². The quantitative estimate of drug-likeness (QED) is 0.324. The average molecular weight is 412 g/mol. The SMILES string of the molecule is CCCCCCCCCCCCOC(=O)c1cccc(S(=O)(=O)CC(=O)[O-])c1. The highest BCUT2D eigenvalue weighted by Crippen LogP contribution is 2.15. The smallest absolute Gasteiger partial charge is 0.338 e. The molecule has 0 saturated heterocycles. The van der Waals surface area contributed by atoms with Crippen LogP contribution in [0.4, 0.5) is 0 Å². The van der Waals surface area contributed by atoms with Crippen molar-refractivity contribution in [2.24, 2.45) is 0 Å². The lowest BCUT2D eigenvalue weighted by atomic mass is 10.1. The number of unbranched alkanes of at least 4 members (excludes halogenated alkanes) is 9. The van der Waals surface area contributed by atoms with E-state index < -0.39 is 27.5 Å². The highest BCUT2D eigenvalue weighted by atomic mass is 32.2. The van der Waals surface area contributed by atoms with Crippen molar-refractivity contribution >= 4 is 21.8 Å². The van der Waals surface area contributed by atoms with E-state index in [1.54, 1.807) is 0 Å². The first-order valence-corrected chi connectivity index (χ1v) is 11.7. The fourth-order valence-electron chi connectivity index (χ4n) is 2.89. The van der Waals surface area contributed by atoms with Crippen LogP contribution in [-0.4, -0.2) is 32.7 Å². The highest BCUT2D eigenvalue weighted by Gasteiger charge is 2.17. The summed E-state index contributed by atoms with van der Waals surface area (Å²) in [5, 5.41) is 10.6. The third-order valence-electron chi connectivity index (χ3n) is 4.47. The minimum atomic E-state index is -4.03. The Hall–Kier alpha value is -1.89. The molecular formula is C21H31O6S-. The molecule has 0 bridgehead atoms. The summed E-state index contributed by atoms with van der Waals surface area (Å²) in [6.07, 6.45) is 11.8. The first kappa shape index (κ1) is 24.1. The zero-order valence-corrected chi connectivity index (χ0v) is 17.5. The van der Waals surface area contributed by atoms with Crippen molar-refractivity contribution in [3.05, 3.63) is 29.8 Å². The molecule has 0 aliphatic carbocycles. The molecule has 0 aliphatic rings. The Bertz CT molecular complexity index is 711. The van der Waals surface area contributed by atoms with Crippen LogP contribution < -0.4 is 5.11 Å². The van der Waals surface area contributed by atoms with Gasteiger partial charge in [-0.25, -0.2) is 13.2 Å². The second-order valence-corrected chi connectivity index (χ2v) is 8.97. The van der Waals surface area contributed by atoms with Crippen LogP contribution in [0.25, 0.3) is 0 Å². The van der Waals surface area contributed by atoms with Crippen LogP contribution in [0.2, 0.25) is 0 Å². The number of hydrogen-bond acceptors (Lipinski definition) is 6. The Kier molecular flexibility index (Phi) is 11.5. The Morgan fingerprint density at radius 2 is 1.50 bits per heavy atom. The summed E-state index contributed by atoms with van der Waals surface area (Å²) in [6.45, 7) is 2.49.